The molecule has 0 bridgehead atoms. The molecule has 2 unspecified atom stereocenters. The van der Waals surface area contributed by atoms with Gasteiger partial charge in [-0.15, -0.1) is 0 Å². The van der Waals surface area contributed by atoms with Crippen molar-refractivity contribution < 1.29 is 9.59 Å². The van der Waals surface area contributed by atoms with Crippen LogP contribution in [0.25, 0.3) is 0 Å². The van der Waals surface area contributed by atoms with Gasteiger partial charge in [0.1, 0.15) is 0 Å². The maximum atomic E-state index is 12.3. The van der Waals surface area contributed by atoms with E-state index in [1.165, 1.54) is 0 Å². The molecule has 2 rings (SSSR count). The molecule has 1 aromatic rings. The molecule has 1 aliphatic rings. The second-order valence-corrected chi connectivity index (χ2v) is 7.39. The number of benzene rings is 1. The van der Waals surface area contributed by atoms with E-state index in [0.717, 1.165) is 25.7 Å². The number of carbonyl (C=O) groups excluding carboxylic acids is 2. The summed E-state index contributed by atoms with van der Waals surface area (Å²) >= 11 is 0. The largest absolute Gasteiger partial charge is 0.347 e. The Bertz CT molecular complexity index is 561. The lowest BCUT2D eigenvalue weighted by Crippen LogP contribution is -2.40. The van der Waals surface area contributed by atoms with Crippen LogP contribution in [0.4, 0.5) is 5.69 Å². The Hall–Kier alpha value is -1.88. The summed E-state index contributed by atoms with van der Waals surface area (Å²) in [6.07, 6.45) is 3.65. The molecular formula is C18H27N3O2. The maximum absolute atomic E-state index is 12.3. The fraction of sp³-hybridized carbons (Fsp3) is 0.556. The molecule has 0 aliphatic heterocycles. The van der Waals surface area contributed by atoms with Crippen LogP contribution in [-0.2, 0) is 4.79 Å². The third-order valence-electron chi connectivity index (χ3n) is 3.99. The van der Waals surface area contributed by atoms with E-state index >= 15 is 0 Å². The minimum Gasteiger partial charge on any atom is -0.347 e. The van der Waals surface area contributed by atoms with Crippen molar-refractivity contribution in [3.05, 3.63) is 29.8 Å². The van der Waals surface area contributed by atoms with E-state index in [9.17, 15) is 9.59 Å². The quantitative estimate of drug-likeness (QED) is 0.801. The van der Waals surface area contributed by atoms with Gasteiger partial charge >= 0.3 is 0 Å². The molecule has 2 amide bonds. The number of rotatable bonds is 3. The van der Waals surface area contributed by atoms with Gasteiger partial charge in [-0.25, -0.2) is 0 Å². The number of nitrogens with two attached hydrogens (primary N) is 1. The molecule has 0 saturated heterocycles. The van der Waals surface area contributed by atoms with Crippen molar-refractivity contribution in [1.29, 1.82) is 0 Å². The molecule has 1 saturated carbocycles. The minimum absolute atomic E-state index is 0.0115. The SMILES string of the molecule is CC(C)(C)NC(=O)c1ccc(NC(=O)C2CCCC(N)C2)cc1. The zero-order valence-electron chi connectivity index (χ0n) is 14.2. The van der Waals surface area contributed by atoms with Crippen LogP contribution in [0.2, 0.25) is 0 Å². The first-order chi connectivity index (χ1) is 10.7. The molecule has 1 aromatic carbocycles. The fourth-order valence-corrected chi connectivity index (χ4v) is 2.83. The van der Waals surface area contributed by atoms with E-state index in [4.69, 9.17) is 5.73 Å². The predicted molar refractivity (Wildman–Crippen MR) is 92.2 cm³/mol. The van der Waals surface area contributed by atoms with Crippen LogP contribution in [0.5, 0.6) is 0 Å². The summed E-state index contributed by atoms with van der Waals surface area (Å²) in [5.41, 5.74) is 6.95. The molecule has 0 spiro atoms. The van der Waals surface area contributed by atoms with Crippen molar-refractivity contribution in [2.75, 3.05) is 5.32 Å². The lowest BCUT2D eigenvalue weighted by atomic mass is 9.85. The summed E-state index contributed by atoms with van der Waals surface area (Å²) in [5.74, 6) is -0.108. The first-order valence-corrected chi connectivity index (χ1v) is 8.23. The standard InChI is InChI=1S/C18H27N3O2/c1-18(2,3)21-17(23)12-7-9-15(10-8-12)20-16(22)13-5-4-6-14(19)11-13/h7-10,13-14H,4-6,11,19H2,1-3H3,(H,20,22)(H,21,23). The van der Waals surface area contributed by atoms with E-state index < -0.39 is 0 Å². The van der Waals surface area contributed by atoms with Crippen molar-refractivity contribution in [3.8, 4) is 0 Å². The summed E-state index contributed by atoms with van der Waals surface area (Å²) in [6, 6.07) is 7.10. The van der Waals surface area contributed by atoms with Gasteiger partial charge in [-0.3, -0.25) is 9.59 Å². The van der Waals surface area contributed by atoms with Crippen LogP contribution in [0.1, 0.15) is 56.8 Å². The Labute approximate surface area is 138 Å². The molecule has 0 radical (unpaired) electrons. The zero-order valence-corrected chi connectivity index (χ0v) is 14.2. The Kier molecular flexibility index (Phi) is 5.42. The summed E-state index contributed by atoms with van der Waals surface area (Å²) in [5, 5.41) is 5.83. The van der Waals surface area contributed by atoms with Gasteiger partial charge in [-0.2, -0.15) is 0 Å². The number of hydrogen-bond acceptors (Lipinski definition) is 3. The minimum atomic E-state index is -0.274. The average Bonchev–Trinajstić information content (AvgIpc) is 2.46. The first-order valence-electron chi connectivity index (χ1n) is 8.23. The normalized spacial score (nSPS) is 21.6. The van der Waals surface area contributed by atoms with Crippen LogP contribution in [0.15, 0.2) is 24.3 Å². The van der Waals surface area contributed by atoms with Crippen LogP contribution in [-0.4, -0.2) is 23.4 Å². The van der Waals surface area contributed by atoms with Gasteiger partial charge < -0.3 is 16.4 Å². The van der Waals surface area contributed by atoms with Crippen molar-refractivity contribution in [1.82, 2.24) is 5.32 Å². The summed E-state index contributed by atoms with van der Waals surface area (Å²) in [7, 11) is 0. The smallest absolute Gasteiger partial charge is 0.251 e. The Balaban J connectivity index is 1.94. The predicted octanol–water partition coefficient (Wildman–Crippen LogP) is 2.67. The highest BCUT2D eigenvalue weighted by atomic mass is 16.2. The molecule has 0 aromatic heterocycles. The first kappa shape index (κ1) is 17.5. The maximum Gasteiger partial charge on any atom is 0.251 e. The van der Waals surface area contributed by atoms with Crippen LogP contribution in [0, 0.1) is 5.92 Å². The van der Waals surface area contributed by atoms with Gasteiger partial charge in [0.15, 0.2) is 0 Å². The number of hydrogen-bond donors (Lipinski definition) is 3. The molecule has 23 heavy (non-hydrogen) atoms. The molecule has 5 heteroatoms. The van der Waals surface area contributed by atoms with E-state index in [1.807, 2.05) is 20.8 Å². The van der Waals surface area contributed by atoms with Gasteiger partial charge in [0, 0.05) is 28.7 Å². The van der Waals surface area contributed by atoms with Gasteiger partial charge in [0.2, 0.25) is 5.91 Å². The molecule has 2 atom stereocenters. The Morgan fingerprint density at radius 1 is 1.13 bits per heavy atom. The highest BCUT2D eigenvalue weighted by Crippen LogP contribution is 2.24. The average molecular weight is 317 g/mol. The van der Waals surface area contributed by atoms with Crippen molar-refractivity contribution in [2.45, 2.75) is 58.0 Å². The fourth-order valence-electron chi connectivity index (χ4n) is 2.83. The summed E-state index contributed by atoms with van der Waals surface area (Å²) in [4.78, 5) is 24.3. The van der Waals surface area contributed by atoms with E-state index in [1.54, 1.807) is 24.3 Å². The van der Waals surface area contributed by atoms with Crippen molar-refractivity contribution in [3.63, 3.8) is 0 Å². The summed E-state index contributed by atoms with van der Waals surface area (Å²) in [6.45, 7) is 5.82. The Morgan fingerprint density at radius 2 is 1.78 bits per heavy atom. The number of nitrogens with one attached hydrogen (secondary N) is 2. The molecule has 4 N–H and O–H groups in total. The lowest BCUT2D eigenvalue weighted by Gasteiger charge is -2.25. The molecule has 5 nitrogen and oxygen atoms in total. The Morgan fingerprint density at radius 3 is 2.35 bits per heavy atom. The van der Waals surface area contributed by atoms with Gasteiger partial charge in [-0.1, -0.05) is 6.42 Å². The van der Waals surface area contributed by atoms with Gasteiger partial charge in [0.05, 0.1) is 0 Å². The van der Waals surface area contributed by atoms with Gasteiger partial charge in [0.25, 0.3) is 5.91 Å². The molecule has 1 aliphatic carbocycles. The van der Waals surface area contributed by atoms with Crippen LogP contribution in [0.3, 0.4) is 0 Å². The zero-order chi connectivity index (χ0) is 17.0. The second kappa shape index (κ2) is 7.13. The third-order valence-corrected chi connectivity index (χ3v) is 3.99. The number of carbonyl (C=O) groups is 2. The topological polar surface area (TPSA) is 84.2 Å². The van der Waals surface area contributed by atoms with E-state index in [-0.39, 0.29) is 29.3 Å². The van der Waals surface area contributed by atoms with E-state index in [2.05, 4.69) is 10.6 Å². The molecule has 1 fully saturated rings. The van der Waals surface area contributed by atoms with Crippen molar-refractivity contribution in [2.24, 2.45) is 11.7 Å². The third kappa shape index (κ3) is 5.36. The highest BCUT2D eigenvalue weighted by Gasteiger charge is 2.25. The summed E-state index contributed by atoms with van der Waals surface area (Å²) < 4.78 is 0. The van der Waals surface area contributed by atoms with Gasteiger partial charge in [-0.05, 0) is 64.3 Å². The van der Waals surface area contributed by atoms with Crippen LogP contribution < -0.4 is 16.4 Å². The van der Waals surface area contributed by atoms with Crippen molar-refractivity contribution >= 4 is 17.5 Å². The highest BCUT2D eigenvalue weighted by molar-refractivity contribution is 5.96. The molecule has 0 heterocycles. The van der Waals surface area contributed by atoms with E-state index in [0.29, 0.717) is 11.3 Å². The van der Waals surface area contributed by atoms with Crippen LogP contribution >= 0.6 is 0 Å². The lowest BCUT2D eigenvalue weighted by molar-refractivity contribution is -0.120. The molecular weight excluding hydrogens is 290 g/mol. The second-order valence-electron chi connectivity index (χ2n) is 7.39. The molecule has 126 valence electrons. The number of amides is 2. The monoisotopic (exact) mass is 317 g/mol. The number of anilines is 1.